The minimum absolute atomic E-state index is 0.0980. The molecule has 5 rings (SSSR count). The molecule has 1 aliphatic heterocycles. The lowest BCUT2D eigenvalue weighted by Crippen LogP contribution is -2.33. The van der Waals surface area contributed by atoms with E-state index in [2.05, 4.69) is 26.7 Å². The van der Waals surface area contributed by atoms with Gasteiger partial charge in [0.05, 0.1) is 5.69 Å². The van der Waals surface area contributed by atoms with E-state index in [9.17, 15) is 9.59 Å². The van der Waals surface area contributed by atoms with Crippen molar-refractivity contribution in [2.24, 2.45) is 0 Å². The summed E-state index contributed by atoms with van der Waals surface area (Å²) in [5.41, 5.74) is 3.82. The summed E-state index contributed by atoms with van der Waals surface area (Å²) in [6.07, 6.45) is 2.56. The fraction of sp³-hybridized carbons (Fsp3) is 0.273. The van der Waals surface area contributed by atoms with Gasteiger partial charge in [-0.2, -0.15) is 11.3 Å². The maximum absolute atomic E-state index is 13.0. The van der Waals surface area contributed by atoms with E-state index in [0.29, 0.717) is 11.4 Å². The molecule has 0 saturated heterocycles. The molecule has 2 aromatic heterocycles. The Kier molecular flexibility index (Phi) is 4.81. The Labute approximate surface area is 181 Å². The number of carbonyl (C=O) groups is 1. The summed E-state index contributed by atoms with van der Waals surface area (Å²) in [5, 5.41) is 7.97. The molecule has 1 aromatic carbocycles. The van der Waals surface area contributed by atoms with E-state index in [1.54, 1.807) is 29.2 Å². The van der Waals surface area contributed by atoms with Crippen LogP contribution < -0.4 is 10.7 Å². The van der Waals surface area contributed by atoms with Crippen molar-refractivity contribution in [1.29, 1.82) is 0 Å². The predicted octanol–water partition coefficient (Wildman–Crippen LogP) is 5.14. The number of aryl methyl sites for hydroxylation is 1. The molecule has 0 bridgehead atoms. The highest BCUT2D eigenvalue weighted by molar-refractivity contribution is 7.99. The molecule has 1 amide bonds. The average Bonchev–Trinajstić information content (AvgIpc) is 3.34. The molecule has 2 aliphatic rings. The topological polar surface area (TPSA) is 51.1 Å². The van der Waals surface area contributed by atoms with Crippen molar-refractivity contribution in [2.45, 2.75) is 42.4 Å². The van der Waals surface area contributed by atoms with Crippen molar-refractivity contribution < 1.29 is 4.79 Å². The molecule has 1 unspecified atom stereocenters. The number of rotatable bonds is 3. The number of pyridine rings is 1. The molecule has 0 radical (unpaired) electrons. The Bertz CT molecular complexity index is 1170. The van der Waals surface area contributed by atoms with Gasteiger partial charge < -0.3 is 9.88 Å². The van der Waals surface area contributed by atoms with Crippen LogP contribution in [0.3, 0.4) is 0 Å². The highest BCUT2D eigenvalue weighted by Gasteiger charge is 2.31. The van der Waals surface area contributed by atoms with Gasteiger partial charge >= 0.3 is 0 Å². The number of hydrogen-bond acceptors (Lipinski definition) is 4. The summed E-state index contributed by atoms with van der Waals surface area (Å²) in [7, 11) is 0. The van der Waals surface area contributed by atoms with E-state index < -0.39 is 0 Å². The molecular weight excluding hydrogens is 424 g/mol. The molecule has 148 valence electrons. The third kappa shape index (κ3) is 3.54. The van der Waals surface area contributed by atoms with Crippen LogP contribution >= 0.6 is 34.7 Å². The third-order valence-electron chi connectivity index (χ3n) is 5.36. The van der Waals surface area contributed by atoms with E-state index in [1.807, 2.05) is 25.1 Å². The first-order valence-corrected chi connectivity index (χ1v) is 11.8. The fourth-order valence-corrected chi connectivity index (χ4v) is 6.17. The first kappa shape index (κ1) is 19.0. The largest absolute Gasteiger partial charge is 0.349 e. The number of halogens is 1. The maximum Gasteiger partial charge on any atom is 0.257 e. The maximum atomic E-state index is 13.0. The fourth-order valence-electron chi connectivity index (χ4n) is 3.83. The standard InChI is InChI=1S/C22H19ClN2O2S2/c1-12-8-18(26)21(22(27)24-15-3-4-15)17-10-19(13-6-7-28-11-13)29-20-9-14(23)2-5-16(20)25(12)17/h2,5-9,11,15,19H,3-4,10H2,1H3,(H,24,27). The second kappa shape index (κ2) is 7.35. The quantitative estimate of drug-likeness (QED) is 0.610. The van der Waals surface area contributed by atoms with E-state index in [0.717, 1.165) is 34.8 Å². The van der Waals surface area contributed by atoms with Gasteiger partial charge in [0.2, 0.25) is 0 Å². The van der Waals surface area contributed by atoms with Crippen molar-refractivity contribution in [3.63, 3.8) is 0 Å². The van der Waals surface area contributed by atoms with E-state index in [1.165, 1.54) is 5.56 Å². The Morgan fingerprint density at radius 1 is 1.24 bits per heavy atom. The van der Waals surface area contributed by atoms with Gasteiger partial charge in [0, 0.05) is 45.1 Å². The normalized spacial score (nSPS) is 17.9. The van der Waals surface area contributed by atoms with Gasteiger partial charge in [-0.25, -0.2) is 0 Å². The van der Waals surface area contributed by atoms with Gasteiger partial charge in [0.25, 0.3) is 5.91 Å². The highest BCUT2D eigenvalue weighted by atomic mass is 35.5. The molecule has 1 aliphatic carbocycles. The number of hydrogen-bond donors (Lipinski definition) is 1. The summed E-state index contributed by atoms with van der Waals surface area (Å²) >= 11 is 9.69. The zero-order valence-corrected chi connectivity index (χ0v) is 18.2. The second-order valence-corrected chi connectivity index (χ2v) is 10.00. The number of fused-ring (bicyclic) bond motifs is 3. The van der Waals surface area contributed by atoms with Crippen LogP contribution in [0.15, 0.2) is 50.8 Å². The van der Waals surface area contributed by atoms with Gasteiger partial charge in [-0.1, -0.05) is 11.6 Å². The van der Waals surface area contributed by atoms with Crippen molar-refractivity contribution in [3.05, 3.63) is 78.9 Å². The first-order chi connectivity index (χ1) is 14.0. The Balaban J connectivity index is 1.75. The minimum Gasteiger partial charge on any atom is -0.349 e. The second-order valence-electron chi connectivity index (χ2n) is 7.53. The van der Waals surface area contributed by atoms with Crippen LogP contribution in [0.5, 0.6) is 0 Å². The number of carbonyl (C=O) groups excluding carboxylic acids is 1. The molecule has 3 heterocycles. The number of amides is 1. The van der Waals surface area contributed by atoms with Crippen LogP contribution in [-0.4, -0.2) is 16.5 Å². The van der Waals surface area contributed by atoms with Crippen molar-refractivity contribution in [2.75, 3.05) is 0 Å². The average molecular weight is 443 g/mol. The minimum atomic E-state index is -0.257. The van der Waals surface area contributed by atoms with Gasteiger partial charge in [0.1, 0.15) is 5.56 Å². The smallest absolute Gasteiger partial charge is 0.257 e. The zero-order chi connectivity index (χ0) is 20.1. The van der Waals surface area contributed by atoms with E-state index >= 15 is 0 Å². The van der Waals surface area contributed by atoms with Crippen LogP contribution in [0.25, 0.3) is 5.69 Å². The molecule has 1 saturated carbocycles. The molecule has 1 atom stereocenters. The molecule has 3 aromatic rings. The summed E-state index contributed by atoms with van der Waals surface area (Å²) in [6, 6.07) is 9.68. The monoisotopic (exact) mass is 442 g/mol. The predicted molar refractivity (Wildman–Crippen MR) is 119 cm³/mol. The lowest BCUT2D eigenvalue weighted by molar-refractivity contribution is 0.0948. The van der Waals surface area contributed by atoms with E-state index in [4.69, 9.17) is 11.6 Å². The summed E-state index contributed by atoms with van der Waals surface area (Å²) < 4.78 is 2.06. The zero-order valence-electron chi connectivity index (χ0n) is 15.8. The van der Waals surface area contributed by atoms with Crippen LogP contribution in [0.4, 0.5) is 0 Å². The summed E-state index contributed by atoms with van der Waals surface area (Å²) in [4.78, 5) is 27.0. The lowest BCUT2D eigenvalue weighted by atomic mass is 10.0. The molecule has 29 heavy (non-hydrogen) atoms. The van der Waals surface area contributed by atoms with Crippen LogP contribution in [0, 0.1) is 6.92 Å². The van der Waals surface area contributed by atoms with Gasteiger partial charge in [-0.05, 0) is 60.4 Å². The number of thiophene rings is 1. The van der Waals surface area contributed by atoms with Crippen LogP contribution in [0.1, 0.15) is 45.4 Å². The highest BCUT2D eigenvalue weighted by Crippen LogP contribution is 2.45. The summed E-state index contributed by atoms with van der Waals surface area (Å²) in [5.74, 6) is -0.257. The van der Waals surface area contributed by atoms with Crippen molar-refractivity contribution in [3.8, 4) is 5.69 Å². The Hall–Kier alpha value is -2.02. The molecule has 4 nitrogen and oxygen atoms in total. The molecule has 1 N–H and O–H groups in total. The lowest BCUT2D eigenvalue weighted by Gasteiger charge is -2.20. The van der Waals surface area contributed by atoms with Gasteiger partial charge in [-0.15, -0.1) is 11.8 Å². The number of benzene rings is 1. The number of nitrogens with zero attached hydrogens (tertiary/aromatic N) is 1. The van der Waals surface area contributed by atoms with Crippen molar-refractivity contribution >= 4 is 40.6 Å². The van der Waals surface area contributed by atoms with Crippen LogP contribution in [-0.2, 0) is 6.42 Å². The van der Waals surface area contributed by atoms with E-state index in [-0.39, 0.29) is 28.2 Å². The van der Waals surface area contributed by atoms with Gasteiger partial charge in [0.15, 0.2) is 5.43 Å². The molecule has 0 spiro atoms. The third-order valence-corrected chi connectivity index (χ3v) is 7.60. The molecular formula is C22H19ClN2O2S2. The Morgan fingerprint density at radius 3 is 2.79 bits per heavy atom. The number of thioether (sulfide) groups is 1. The summed E-state index contributed by atoms with van der Waals surface area (Å²) in [6.45, 7) is 1.92. The first-order valence-electron chi connectivity index (χ1n) is 9.56. The Morgan fingerprint density at radius 2 is 2.07 bits per heavy atom. The molecule has 1 fully saturated rings. The van der Waals surface area contributed by atoms with Gasteiger partial charge in [-0.3, -0.25) is 9.59 Å². The van der Waals surface area contributed by atoms with Crippen molar-refractivity contribution in [1.82, 2.24) is 9.88 Å². The SMILES string of the molecule is Cc1cc(=O)c(C(=O)NC2CC2)c2n1-c1ccc(Cl)cc1SC(c1ccsc1)C2. The number of aromatic nitrogens is 1. The number of nitrogens with one attached hydrogen (secondary N) is 1. The van der Waals surface area contributed by atoms with Crippen LogP contribution in [0.2, 0.25) is 5.02 Å². The molecule has 7 heteroatoms.